The van der Waals surface area contributed by atoms with Crippen molar-refractivity contribution in [1.29, 1.82) is 0 Å². The van der Waals surface area contributed by atoms with Gasteiger partial charge in [0.2, 0.25) is 5.91 Å². The second-order valence-corrected chi connectivity index (χ2v) is 3.94. The van der Waals surface area contributed by atoms with Crippen molar-refractivity contribution in [3.8, 4) is 0 Å². The van der Waals surface area contributed by atoms with E-state index in [9.17, 15) is 4.79 Å². The third-order valence-corrected chi connectivity index (χ3v) is 2.81. The number of hydrogen-bond donors (Lipinski definition) is 1. The molecule has 0 aromatic heterocycles. The molecule has 1 heterocycles. The van der Waals surface area contributed by atoms with Gasteiger partial charge in [0.1, 0.15) is 0 Å². The lowest BCUT2D eigenvalue weighted by molar-refractivity contribution is -0.136. The number of rotatable bonds is 4. The highest BCUT2D eigenvalue weighted by atomic mass is 16.3. The number of aliphatic hydroxyl groups is 1. The summed E-state index contributed by atoms with van der Waals surface area (Å²) in [6.45, 7) is 6.43. The largest absolute Gasteiger partial charge is 0.394 e. The van der Waals surface area contributed by atoms with Crippen molar-refractivity contribution >= 4 is 5.91 Å². The molecular formula is C11H19NO2. The zero-order valence-electron chi connectivity index (χ0n) is 8.78. The van der Waals surface area contributed by atoms with Crippen LogP contribution in [0.3, 0.4) is 0 Å². The number of carbonyl (C=O) groups is 1. The summed E-state index contributed by atoms with van der Waals surface area (Å²) in [7, 11) is 0. The molecule has 1 rings (SSSR count). The maximum absolute atomic E-state index is 11.9. The summed E-state index contributed by atoms with van der Waals surface area (Å²) >= 11 is 0. The van der Waals surface area contributed by atoms with Gasteiger partial charge in [-0.3, -0.25) is 4.79 Å². The first-order valence-corrected chi connectivity index (χ1v) is 5.23. The van der Waals surface area contributed by atoms with Gasteiger partial charge in [0.25, 0.3) is 0 Å². The van der Waals surface area contributed by atoms with Crippen LogP contribution in [0.4, 0.5) is 0 Å². The summed E-state index contributed by atoms with van der Waals surface area (Å²) in [6.07, 6.45) is 4.43. The van der Waals surface area contributed by atoms with Gasteiger partial charge in [0.05, 0.1) is 12.6 Å². The van der Waals surface area contributed by atoms with Gasteiger partial charge in [-0.2, -0.15) is 0 Å². The van der Waals surface area contributed by atoms with E-state index in [1.165, 1.54) is 0 Å². The van der Waals surface area contributed by atoms with Gasteiger partial charge in [-0.1, -0.05) is 13.0 Å². The molecule has 0 aliphatic carbocycles. The maximum Gasteiger partial charge on any atom is 0.226 e. The van der Waals surface area contributed by atoms with Gasteiger partial charge in [-0.15, -0.1) is 6.58 Å². The molecule has 0 bridgehead atoms. The van der Waals surface area contributed by atoms with E-state index < -0.39 is 0 Å². The van der Waals surface area contributed by atoms with Crippen LogP contribution in [-0.2, 0) is 4.79 Å². The van der Waals surface area contributed by atoms with Crippen LogP contribution in [0.25, 0.3) is 0 Å². The van der Waals surface area contributed by atoms with E-state index in [-0.39, 0.29) is 24.5 Å². The number of carbonyl (C=O) groups excluding carboxylic acids is 1. The summed E-state index contributed by atoms with van der Waals surface area (Å²) in [6, 6.07) is 0.0507. The minimum absolute atomic E-state index is 0.000324. The molecule has 0 spiro atoms. The number of likely N-dealkylation sites (tertiary alicyclic amines) is 1. The van der Waals surface area contributed by atoms with E-state index in [4.69, 9.17) is 5.11 Å². The molecule has 0 radical (unpaired) electrons. The van der Waals surface area contributed by atoms with Crippen molar-refractivity contribution in [2.75, 3.05) is 13.2 Å². The highest BCUT2D eigenvalue weighted by molar-refractivity contribution is 5.79. The fourth-order valence-corrected chi connectivity index (χ4v) is 1.95. The Labute approximate surface area is 85.4 Å². The summed E-state index contributed by atoms with van der Waals surface area (Å²) in [5.41, 5.74) is 0. The lowest BCUT2D eigenvalue weighted by Gasteiger charge is -2.25. The predicted molar refractivity (Wildman–Crippen MR) is 55.8 cm³/mol. The van der Waals surface area contributed by atoms with Crippen LogP contribution in [0, 0.1) is 5.92 Å². The Morgan fingerprint density at radius 1 is 1.79 bits per heavy atom. The summed E-state index contributed by atoms with van der Waals surface area (Å²) < 4.78 is 0. The molecule has 3 nitrogen and oxygen atoms in total. The summed E-state index contributed by atoms with van der Waals surface area (Å²) in [5, 5.41) is 9.08. The van der Waals surface area contributed by atoms with Crippen LogP contribution in [0.5, 0.6) is 0 Å². The average Bonchev–Trinajstić information content (AvgIpc) is 2.64. The number of amides is 1. The Morgan fingerprint density at radius 3 is 3.07 bits per heavy atom. The SMILES string of the molecule is C=CC[C@@H](C)C(=O)N1CCC[C@H]1CO. The molecular weight excluding hydrogens is 178 g/mol. The first kappa shape index (κ1) is 11.2. The zero-order chi connectivity index (χ0) is 10.6. The molecule has 0 unspecified atom stereocenters. The number of hydrogen-bond acceptors (Lipinski definition) is 2. The normalized spacial score (nSPS) is 23.6. The van der Waals surface area contributed by atoms with Gasteiger partial charge in [-0.05, 0) is 19.3 Å². The van der Waals surface area contributed by atoms with E-state index in [0.717, 1.165) is 19.4 Å². The van der Waals surface area contributed by atoms with Crippen LogP contribution in [0.1, 0.15) is 26.2 Å². The van der Waals surface area contributed by atoms with Crippen LogP contribution >= 0.6 is 0 Å². The molecule has 1 fully saturated rings. The topological polar surface area (TPSA) is 40.5 Å². The quantitative estimate of drug-likeness (QED) is 0.687. The smallest absolute Gasteiger partial charge is 0.226 e. The van der Waals surface area contributed by atoms with E-state index in [1.54, 1.807) is 6.08 Å². The summed E-state index contributed by atoms with van der Waals surface area (Å²) in [5.74, 6) is 0.154. The maximum atomic E-state index is 11.9. The summed E-state index contributed by atoms with van der Waals surface area (Å²) in [4.78, 5) is 13.7. The highest BCUT2D eigenvalue weighted by Crippen LogP contribution is 2.20. The lowest BCUT2D eigenvalue weighted by atomic mass is 10.1. The Balaban J connectivity index is 2.54. The standard InChI is InChI=1S/C11H19NO2/c1-3-5-9(2)11(14)12-7-4-6-10(12)8-13/h3,9-10,13H,1,4-8H2,2H3/t9-,10+/m1/s1. The molecule has 2 atom stereocenters. The van der Waals surface area contributed by atoms with Crippen molar-refractivity contribution < 1.29 is 9.90 Å². The molecule has 1 amide bonds. The molecule has 0 aromatic carbocycles. The second-order valence-electron chi connectivity index (χ2n) is 3.94. The lowest BCUT2D eigenvalue weighted by Crippen LogP contribution is -2.40. The fraction of sp³-hybridized carbons (Fsp3) is 0.727. The van der Waals surface area contributed by atoms with Crippen LogP contribution in [0.15, 0.2) is 12.7 Å². The van der Waals surface area contributed by atoms with Crippen molar-refractivity contribution in [2.24, 2.45) is 5.92 Å². The van der Waals surface area contributed by atoms with Crippen LogP contribution in [-0.4, -0.2) is 35.1 Å². The minimum atomic E-state index is -0.000324. The predicted octanol–water partition coefficient (Wildman–Crippen LogP) is 1.18. The molecule has 14 heavy (non-hydrogen) atoms. The Bertz CT molecular complexity index is 215. The van der Waals surface area contributed by atoms with Gasteiger partial charge in [0, 0.05) is 12.5 Å². The second kappa shape index (κ2) is 5.15. The van der Waals surface area contributed by atoms with Crippen molar-refractivity contribution in [3.05, 3.63) is 12.7 Å². The van der Waals surface area contributed by atoms with Crippen LogP contribution < -0.4 is 0 Å². The molecule has 3 heteroatoms. The highest BCUT2D eigenvalue weighted by Gasteiger charge is 2.30. The minimum Gasteiger partial charge on any atom is -0.394 e. The van der Waals surface area contributed by atoms with Crippen molar-refractivity contribution in [3.63, 3.8) is 0 Å². The molecule has 0 saturated carbocycles. The number of allylic oxidation sites excluding steroid dienone is 1. The van der Waals surface area contributed by atoms with Crippen molar-refractivity contribution in [1.82, 2.24) is 4.90 Å². The van der Waals surface area contributed by atoms with E-state index in [2.05, 4.69) is 6.58 Å². The number of aliphatic hydroxyl groups excluding tert-OH is 1. The fourth-order valence-electron chi connectivity index (χ4n) is 1.95. The first-order chi connectivity index (χ1) is 6.70. The van der Waals surface area contributed by atoms with Gasteiger partial charge in [0.15, 0.2) is 0 Å². The molecule has 0 aromatic rings. The molecule has 1 aliphatic heterocycles. The monoisotopic (exact) mass is 197 g/mol. The first-order valence-electron chi connectivity index (χ1n) is 5.23. The Morgan fingerprint density at radius 2 is 2.50 bits per heavy atom. The Hall–Kier alpha value is -0.830. The van der Waals surface area contributed by atoms with Crippen LogP contribution in [0.2, 0.25) is 0 Å². The zero-order valence-corrected chi connectivity index (χ0v) is 8.78. The Kier molecular flexibility index (Phi) is 4.14. The van der Waals surface area contributed by atoms with E-state index in [0.29, 0.717) is 6.42 Å². The number of nitrogens with zero attached hydrogens (tertiary/aromatic N) is 1. The molecule has 1 aliphatic rings. The molecule has 1 saturated heterocycles. The average molecular weight is 197 g/mol. The van der Waals surface area contributed by atoms with E-state index >= 15 is 0 Å². The van der Waals surface area contributed by atoms with Gasteiger partial charge in [-0.25, -0.2) is 0 Å². The van der Waals surface area contributed by atoms with Gasteiger partial charge >= 0.3 is 0 Å². The van der Waals surface area contributed by atoms with Gasteiger partial charge < -0.3 is 10.0 Å². The molecule has 80 valence electrons. The van der Waals surface area contributed by atoms with E-state index in [1.807, 2.05) is 11.8 Å². The third-order valence-electron chi connectivity index (χ3n) is 2.81. The van der Waals surface area contributed by atoms with Crippen molar-refractivity contribution in [2.45, 2.75) is 32.2 Å². The molecule has 1 N–H and O–H groups in total. The third kappa shape index (κ3) is 2.35.